The third kappa shape index (κ3) is 1.69. The van der Waals surface area contributed by atoms with Gasteiger partial charge in [0.15, 0.2) is 0 Å². The van der Waals surface area contributed by atoms with E-state index in [0.29, 0.717) is 6.42 Å². The van der Waals surface area contributed by atoms with Crippen LogP contribution in [0.5, 0.6) is 0 Å². The summed E-state index contributed by atoms with van der Waals surface area (Å²) in [7, 11) is 0. The van der Waals surface area contributed by atoms with Crippen LogP contribution in [0.25, 0.3) is 0 Å². The number of rotatable bonds is 2. The van der Waals surface area contributed by atoms with Crippen molar-refractivity contribution in [2.24, 2.45) is 0 Å². The van der Waals surface area contributed by atoms with Gasteiger partial charge >= 0.3 is 5.69 Å². The fraction of sp³-hybridized carbons (Fsp3) is 0.100. The average Bonchev–Trinajstić information content (AvgIpc) is 2.56. The Morgan fingerprint density at radius 2 is 2.07 bits per heavy atom. The Balaban J connectivity index is 2.27. The van der Waals surface area contributed by atoms with Crippen LogP contribution in [0.3, 0.4) is 0 Å². The smallest absolute Gasteiger partial charge is 0.323 e. The summed E-state index contributed by atoms with van der Waals surface area (Å²) in [5.41, 5.74) is 8.19. The molecule has 0 saturated heterocycles. The van der Waals surface area contributed by atoms with Crippen molar-refractivity contribution in [1.82, 2.24) is 9.97 Å². The van der Waals surface area contributed by atoms with Gasteiger partial charge in [-0.2, -0.15) is 0 Å². The van der Waals surface area contributed by atoms with Crippen LogP contribution in [-0.2, 0) is 6.42 Å². The van der Waals surface area contributed by atoms with Crippen molar-refractivity contribution in [3.63, 3.8) is 0 Å². The molecule has 2 rings (SSSR count). The summed E-state index contributed by atoms with van der Waals surface area (Å²) in [5.74, 6) is 0. The summed E-state index contributed by atoms with van der Waals surface area (Å²) >= 11 is 0. The zero-order chi connectivity index (χ0) is 9.97. The Morgan fingerprint density at radius 1 is 1.29 bits per heavy atom. The summed E-state index contributed by atoms with van der Waals surface area (Å²) in [6.07, 6.45) is 2.31. The van der Waals surface area contributed by atoms with Crippen LogP contribution in [0.4, 0.5) is 5.69 Å². The lowest BCUT2D eigenvalue weighted by molar-refractivity contribution is 1.08. The lowest BCUT2D eigenvalue weighted by atomic mass is 10.1. The Morgan fingerprint density at radius 3 is 2.71 bits per heavy atom. The molecule has 1 heterocycles. The fourth-order valence-corrected chi connectivity index (χ4v) is 1.37. The zero-order valence-electron chi connectivity index (χ0n) is 7.58. The van der Waals surface area contributed by atoms with Gasteiger partial charge in [0.2, 0.25) is 0 Å². The lowest BCUT2D eigenvalue weighted by Gasteiger charge is -2.02. The first-order valence-electron chi connectivity index (χ1n) is 4.35. The number of anilines is 1. The van der Waals surface area contributed by atoms with Gasteiger partial charge < -0.3 is 15.7 Å². The van der Waals surface area contributed by atoms with Crippen molar-refractivity contribution in [3.8, 4) is 0 Å². The highest BCUT2D eigenvalue weighted by Gasteiger charge is 2.01. The van der Waals surface area contributed by atoms with Gasteiger partial charge in [-0.25, -0.2) is 4.79 Å². The van der Waals surface area contributed by atoms with E-state index >= 15 is 0 Å². The van der Waals surface area contributed by atoms with Gasteiger partial charge in [-0.1, -0.05) is 18.2 Å². The number of hydrogen-bond donors (Lipinski definition) is 3. The van der Waals surface area contributed by atoms with E-state index < -0.39 is 0 Å². The first kappa shape index (κ1) is 8.62. The van der Waals surface area contributed by atoms with E-state index in [9.17, 15) is 4.79 Å². The highest BCUT2D eigenvalue weighted by Crippen LogP contribution is 2.13. The van der Waals surface area contributed by atoms with E-state index in [0.717, 1.165) is 16.9 Å². The van der Waals surface area contributed by atoms with Crippen LogP contribution in [0.15, 0.2) is 35.3 Å². The molecule has 4 nitrogen and oxygen atoms in total. The number of H-pyrrole nitrogens is 2. The van der Waals surface area contributed by atoms with Crippen LogP contribution < -0.4 is 11.4 Å². The van der Waals surface area contributed by atoms with E-state index in [-0.39, 0.29) is 5.69 Å². The summed E-state index contributed by atoms with van der Waals surface area (Å²) < 4.78 is 0. The third-order valence-electron chi connectivity index (χ3n) is 2.09. The minimum atomic E-state index is -0.186. The monoisotopic (exact) mass is 189 g/mol. The number of imidazole rings is 1. The number of aromatic amines is 2. The standard InChI is InChI=1S/C10H11N3O/c11-9-4-2-1-3-7(9)5-8-6-12-10(14)13-8/h1-4,6H,5,11H2,(H2,12,13,14). The van der Waals surface area contributed by atoms with Gasteiger partial charge in [-0.3, -0.25) is 0 Å². The SMILES string of the molecule is Nc1ccccc1Cc1c[nH]c(=O)[nH]1. The lowest BCUT2D eigenvalue weighted by Crippen LogP contribution is -2.02. The first-order chi connectivity index (χ1) is 6.75. The van der Waals surface area contributed by atoms with Crippen molar-refractivity contribution in [2.75, 3.05) is 5.73 Å². The quantitative estimate of drug-likeness (QED) is 0.613. The van der Waals surface area contributed by atoms with Crippen LogP contribution in [0.2, 0.25) is 0 Å². The molecule has 0 radical (unpaired) electrons. The van der Waals surface area contributed by atoms with E-state index in [1.54, 1.807) is 6.20 Å². The number of aromatic nitrogens is 2. The van der Waals surface area contributed by atoms with Gasteiger partial charge in [-0.05, 0) is 11.6 Å². The normalized spacial score (nSPS) is 10.3. The molecule has 0 fully saturated rings. The molecule has 0 aliphatic rings. The molecule has 0 unspecified atom stereocenters. The number of nitrogen functional groups attached to an aromatic ring is 1. The van der Waals surface area contributed by atoms with Gasteiger partial charge in [0.1, 0.15) is 0 Å². The number of hydrogen-bond acceptors (Lipinski definition) is 2. The minimum Gasteiger partial charge on any atom is -0.398 e. The highest BCUT2D eigenvalue weighted by atomic mass is 16.1. The summed E-state index contributed by atoms with van der Waals surface area (Å²) in [4.78, 5) is 16.1. The van der Waals surface area contributed by atoms with Crippen molar-refractivity contribution in [2.45, 2.75) is 6.42 Å². The Bertz CT molecular complexity index is 484. The van der Waals surface area contributed by atoms with Gasteiger partial charge in [0.25, 0.3) is 0 Å². The van der Waals surface area contributed by atoms with Crippen molar-refractivity contribution in [3.05, 3.63) is 52.2 Å². The second kappa shape index (κ2) is 3.41. The van der Waals surface area contributed by atoms with Gasteiger partial charge in [0.05, 0.1) is 0 Å². The molecule has 4 N–H and O–H groups in total. The first-order valence-corrected chi connectivity index (χ1v) is 4.35. The molecule has 1 aromatic heterocycles. The predicted molar refractivity (Wildman–Crippen MR) is 55.1 cm³/mol. The summed E-state index contributed by atoms with van der Waals surface area (Å²) in [6.45, 7) is 0. The van der Waals surface area contributed by atoms with E-state index in [2.05, 4.69) is 9.97 Å². The average molecular weight is 189 g/mol. The molecule has 2 aromatic rings. The Hall–Kier alpha value is -1.97. The topological polar surface area (TPSA) is 74.7 Å². The fourth-order valence-electron chi connectivity index (χ4n) is 1.37. The molecule has 72 valence electrons. The van der Waals surface area contributed by atoms with Crippen molar-refractivity contribution >= 4 is 5.69 Å². The van der Waals surface area contributed by atoms with E-state index in [1.807, 2.05) is 24.3 Å². The van der Waals surface area contributed by atoms with Gasteiger partial charge in [-0.15, -0.1) is 0 Å². The van der Waals surface area contributed by atoms with Crippen LogP contribution in [0, 0.1) is 0 Å². The second-order valence-corrected chi connectivity index (χ2v) is 3.14. The number of para-hydroxylation sites is 1. The van der Waals surface area contributed by atoms with Crippen LogP contribution in [0.1, 0.15) is 11.3 Å². The predicted octanol–water partition coefficient (Wildman–Crippen LogP) is 0.876. The maximum Gasteiger partial charge on any atom is 0.323 e. The van der Waals surface area contributed by atoms with Crippen LogP contribution >= 0.6 is 0 Å². The maximum atomic E-state index is 10.8. The maximum absolute atomic E-state index is 10.8. The molecule has 0 aliphatic carbocycles. The van der Waals surface area contributed by atoms with Crippen LogP contribution in [-0.4, -0.2) is 9.97 Å². The summed E-state index contributed by atoms with van der Waals surface area (Å²) in [6, 6.07) is 7.61. The molecule has 14 heavy (non-hydrogen) atoms. The largest absolute Gasteiger partial charge is 0.398 e. The molecule has 1 aromatic carbocycles. The molecule has 4 heteroatoms. The number of nitrogens with one attached hydrogen (secondary N) is 2. The number of benzene rings is 1. The molecule has 0 saturated carbocycles. The third-order valence-corrected chi connectivity index (χ3v) is 2.09. The molecular formula is C10H11N3O. The Labute approximate surface area is 80.8 Å². The second-order valence-electron chi connectivity index (χ2n) is 3.14. The highest BCUT2D eigenvalue weighted by molar-refractivity contribution is 5.47. The molecular weight excluding hydrogens is 178 g/mol. The Kier molecular flexibility index (Phi) is 2.10. The zero-order valence-corrected chi connectivity index (χ0v) is 7.58. The van der Waals surface area contributed by atoms with Crippen molar-refractivity contribution in [1.29, 1.82) is 0 Å². The van der Waals surface area contributed by atoms with Crippen molar-refractivity contribution < 1.29 is 0 Å². The summed E-state index contributed by atoms with van der Waals surface area (Å²) in [5, 5.41) is 0. The van der Waals surface area contributed by atoms with Gasteiger partial charge in [0, 0.05) is 24.0 Å². The molecule has 0 amide bonds. The molecule has 0 spiro atoms. The van der Waals surface area contributed by atoms with E-state index in [1.165, 1.54) is 0 Å². The number of nitrogens with two attached hydrogens (primary N) is 1. The molecule has 0 aliphatic heterocycles. The molecule has 0 bridgehead atoms. The molecule has 0 atom stereocenters. The minimum absolute atomic E-state index is 0.186. The van der Waals surface area contributed by atoms with E-state index in [4.69, 9.17) is 5.73 Å².